The summed E-state index contributed by atoms with van der Waals surface area (Å²) < 4.78 is 14.6. The van der Waals surface area contributed by atoms with Crippen molar-refractivity contribution in [3.63, 3.8) is 0 Å². The molecule has 0 saturated carbocycles. The number of hydrogen-bond donors (Lipinski definition) is 3. The van der Waals surface area contributed by atoms with Crippen molar-refractivity contribution in [2.75, 3.05) is 20.8 Å². The summed E-state index contributed by atoms with van der Waals surface area (Å²) in [6.45, 7) is 0.103. The quantitative estimate of drug-likeness (QED) is 0.501. The van der Waals surface area contributed by atoms with E-state index in [9.17, 15) is 15.3 Å². The molecule has 14 heavy (non-hydrogen) atoms. The summed E-state index contributed by atoms with van der Waals surface area (Å²) in [5.41, 5.74) is 0. The smallest absolute Gasteiger partial charge is 0.184 e. The van der Waals surface area contributed by atoms with E-state index in [4.69, 9.17) is 14.2 Å². The van der Waals surface area contributed by atoms with Gasteiger partial charge >= 0.3 is 0 Å². The molecule has 1 aliphatic rings. The molecule has 0 aliphatic carbocycles. The van der Waals surface area contributed by atoms with Crippen molar-refractivity contribution >= 4 is 0 Å². The van der Waals surface area contributed by atoms with Crippen LogP contribution in [0.25, 0.3) is 0 Å². The van der Waals surface area contributed by atoms with Crippen molar-refractivity contribution < 1.29 is 29.5 Å². The molecule has 1 saturated heterocycles. The molecule has 1 aliphatic heterocycles. The molecule has 6 nitrogen and oxygen atoms in total. The normalized spacial score (nSPS) is 43.9. The zero-order chi connectivity index (χ0) is 10.7. The van der Waals surface area contributed by atoms with Gasteiger partial charge in [-0.2, -0.15) is 0 Å². The van der Waals surface area contributed by atoms with E-state index < -0.39 is 30.7 Å². The van der Waals surface area contributed by atoms with Crippen LogP contribution in [0.3, 0.4) is 0 Å². The van der Waals surface area contributed by atoms with Crippen LogP contribution in [0, 0.1) is 0 Å². The Labute approximate surface area is 82.0 Å². The largest absolute Gasteiger partial charge is 0.387 e. The summed E-state index contributed by atoms with van der Waals surface area (Å²) in [5.74, 6) is 0. The molecule has 0 spiro atoms. The third-order valence-electron chi connectivity index (χ3n) is 2.27. The molecule has 0 bridgehead atoms. The van der Waals surface area contributed by atoms with Crippen LogP contribution < -0.4 is 0 Å². The summed E-state index contributed by atoms with van der Waals surface area (Å²) in [6.07, 6.45) is -5.22. The van der Waals surface area contributed by atoms with Gasteiger partial charge in [-0.05, 0) is 0 Å². The Morgan fingerprint density at radius 3 is 2.29 bits per heavy atom. The molecular formula is C8H16O6. The van der Waals surface area contributed by atoms with E-state index in [1.54, 1.807) is 0 Å². The Kier molecular flexibility index (Phi) is 4.24. The van der Waals surface area contributed by atoms with Crippen molar-refractivity contribution in [1.82, 2.24) is 0 Å². The highest BCUT2D eigenvalue weighted by Crippen LogP contribution is 2.21. The highest BCUT2D eigenvalue weighted by Gasteiger charge is 2.43. The number of aliphatic hydroxyl groups is 3. The van der Waals surface area contributed by atoms with E-state index in [0.29, 0.717) is 0 Å². The second-order valence-electron chi connectivity index (χ2n) is 3.20. The van der Waals surface area contributed by atoms with Gasteiger partial charge in [-0.25, -0.2) is 0 Å². The van der Waals surface area contributed by atoms with E-state index in [-0.39, 0.29) is 6.61 Å². The molecule has 1 heterocycles. The number of hydrogen-bond acceptors (Lipinski definition) is 6. The molecule has 0 amide bonds. The first-order valence-corrected chi connectivity index (χ1v) is 4.33. The lowest BCUT2D eigenvalue weighted by molar-refractivity contribution is -0.292. The Bertz CT molecular complexity index is 173. The third kappa shape index (κ3) is 2.22. The summed E-state index contributed by atoms with van der Waals surface area (Å²) in [7, 11) is 2.76. The van der Waals surface area contributed by atoms with Gasteiger partial charge in [0.05, 0.1) is 6.61 Å². The van der Waals surface area contributed by atoms with Gasteiger partial charge in [0.25, 0.3) is 0 Å². The Morgan fingerprint density at radius 2 is 1.79 bits per heavy atom. The standard InChI is InChI=1S/C8H16O6/c1-12-3-4-5(9)6(10)7(13-2)8(11)14-4/h4-11H,3H2,1-2H3/t4-,5-,6+,7-,8?/m1/s1. The zero-order valence-electron chi connectivity index (χ0n) is 8.16. The highest BCUT2D eigenvalue weighted by molar-refractivity contribution is 4.89. The summed E-state index contributed by atoms with van der Waals surface area (Å²) in [5, 5.41) is 28.5. The van der Waals surface area contributed by atoms with Gasteiger partial charge < -0.3 is 29.5 Å². The molecule has 84 valence electrons. The van der Waals surface area contributed by atoms with Crippen LogP contribution in [-0.2, 0) is 14.2 Å². The van der Waals surface area contributed by atoms with Crippen molar-refractivity contribution in [2.24, 2.45) is 0 Å². The lowest BCUT2D eigenvalue weighted by Gasteiger charge is -2.39. The first-order valence-electron chi connectivity index (χ1n) is 4.33. The predicted octanol–water partition coefficient (Wildman–Crippen LogP) is -1.91. The molecule has 5 atom stereocenters. The van der Waals surface area contributed by atoms with Gasteiger partial charge in [-0.1, -0.05) is 0 Å². The SMILES string of the molecule is COC[C@H]1OC(O)[C@H](OC)[C@@H](O)[C@@H]1O. The molecule has 1 fully saturated rings. The van der Waals surface area contributed by atoms with Gasteiger partial charge in [-0.3, -0.25) is 0 Å². The van der Waals surface area contributed by atoms with E-state index in [1.165, 1.54) is 14.2 Å². The fourth-order valence-electron chi connectivity index (χ4n) is 1.48. The van der Waals surface area contributed by atoms with Crippen molar-refractivity contribution in [3.05, 3.63) is 0 Å². The van der Waals surface area contributed by atoms with E-state index >= 15 is 0 Å². The third-order valence-corrected chi connectivity index (χ3v) is 2.27. The second-order valence-corrected chi connectivity index (χ2v) is 3.20. The fraction of sp³-hybridized carbons (Fsp3) is 1.00. The number of ether oxygens (including phenoxy) is 3. The van der Waals surface area contributed by atoms with Gasteiger partial charge in [-0.15, -0.1) is 0 Å². The summed E-state index contributed by atoms with van der Waals surface area (Å²) in [4.78, 5) is 0. The van der Waals surface area contributed by atoms with E-state index in [2.05, 4.69) is 0 Å². The minimum Gasteiger partial charge on any atom is -0.387 e. The predicted molar refractivity (Wildman–Crippen MR) is 45.6 cm³/mol. The molecule has 0 aromatic rings. The van der Waals surface area contributed by atoms with Crippen molar-refractivity contribution in [2.45, 2.75) is 30.7 Å². The molecule has 6 heteroatoms. The Morgan fingerprint density at radius 1 is 1.14 bits per heavy atom. The molecule has 0 aromatic heterocycles. The fourth-order valence-corrected chi connectivity index (χ4v) is 1.48. The second kappa shape index (κ2) is 5.01. The topological polar surface area (TPSA) is 88.4 Å². The number of rotatable bonds is 3. The average molecular weight is 208 g/mol. The van der Waals surface area contributed by atoms with Gasteiger partial charge in [0.2, 0.25) is 0 Å². The minimum atomic E-state index is -1.25. The van der Waals surface area contributed by atoms with Gasteiger partial charge in [0.1, 0.15) is 24.4 Å². The Balaban J connectivity index is 2.62. The maximum atomic E-state index is 9.54. The Hall–Kier alpha value is -0.240. The van der Waals surface area contributed by atoms with Crippen LogP contribution in [0.2, 0.25) is 0 Å². The van der Waals surface area contributed by atoms with Crippen LogP contribution in [-0.4, -0.2) is 66.9 Å². The molecule has 0 aromatic carbocycles. The van der Waals surface area contributed by atoms with Crippen LogP contribution in [0.1, 0.15) is 0 Å². The van der Waals surface area contributed by atoms with Gasteiger partial charge in [0, 0.05) is 14.2 Å². The lowest BCUT2D eigenvalue weighted by Crippen LogP contribution is -2.59. The number of aliphatic hydroxyl groups excluding tert-OH is 3. The lowest BCUT2D eigenvalue weighted by atomic mass is 9.99. The first-order chi connectivity index (χ1) is 6.61. The van der Waals surface area contributed by atoms with Crippen LogP contribution >= 0.6 is 0 Å². The average Bonchev–Trinajstić information content (AvgIpc) is 2.15. The minimum absolute atomic E-state index is 0.103. The molecule has 1 unspecified atom stereocenters. The monoisotopic (exact) mass is 208 g/mol. The zero-order valence-corrected chi connectivity index (χ0v) is 8.16. The number of methoxy groups -OCH3 is 2. The summed E-state index contributed by atoms with van der Waals surface area (Å²) in [6, 6.07) is 0. The van der Waals surface area contributed by atoms with Crippen molar-refractivity contribution in [1.29, 1.82) is 0 Å². The van der Waals surface area contributed by atoms with E-state index in [0.717, 1.165) is 0 Å². The van der Waals surface area contributed by atoms with Crippen molar-refractivity contribution in [3.8, 4) is 0 Å². The van der Waals surface area contributed by atoms with E-state index in [1.807, 2.05) is 0 Å². The summed E-state index contributed by atoms with van der Waals surface area (Å²) >= 11 is 0. The molecular weight excluding hydrogens is 192 g/mol. The van der Waals surface area contributed by atoms with Crippen LogP contribution in [0.5, 0.6) is 0 Å². The van der Waals surface area contributed by atoms with Crippen LogP contribution in [0.15, 0.2) is 0 Å². The molecule has 1 rings (SSSR count). The first kappa shape index (κ1) is 11.8. The maximum absolute atomic E-state index is 9.54. The highest BCUT2D eigenvalue weighted by atomic mass is 16.7. The van der Waals surface area contributed by atoms with Gasteiger partial charge in [0.15, 0.2) is 6.29 Å². The van der Waals surface area contributed by atoms with Crippen LogP contribution in [0.4, 0.5) is 0 Å². The molecule has 3 N–H and O–H groups in total. The molecule has 0 radical (unpaired) electrons. The maximum Gasteiger partial charge on any atom is 0.184 e.